The Morgan fingerprint density at radius 2 is 1.64 bits per heavy atom. The molecule has 3 aromatic carbocycles. The molecule has 4 aromatic rings. The van der Waals surface area contributed by atoms with E-state index in [0.29, 0.717) is 17.1 Å². The monoisotopic (exact) mass is 329 g/mol. The molecule has 0 unspecified atom stereocenters. The molecule has 0 fully saturated rings. The van der Waals surface area contributed by atoms with Gasteiger partial charge in [-0.2, -0.15) is 0 Å². The van der Waals surface area contributed by atoms with E-state index in [-0.39, 0.29) is 5.56 Å². The lowest BCUT2D eigenvalue weighted by Crippen LogP contribution is -2.22. The Hall–Kier alpha value is -3.53. The van der Waals surface area contributed by atoms with Crippen LogP contribution in [0.15, 0.2) is 77.7 Å². The molecule has 0 radical (unpaired) electrons. The van der Waals surface area contributed by atoms with Crippen LogP contribution in [0.3, 0.4) is 0 Å². The van der Waals surface area contributed by atoms with Crippen molar-refractivity contribution in [2.24, 2.45) is 0 Å². The van der Waals surface area contributed by atoms with Crippen LogP contribution in [0.1, 0.15) is 15.9 Å². The highest BCUT2D eigenvalue weighted by Gasteiger charge is 2.09. The van der Waals surface area contributed by atoms with Crippen LogP contribution in [0.4, 0.5) is 0 Å². The summed E-state index contributed by atoms with van der Waals surface area (Å²) in [6.07, 6.45) is 0. The van der Waals surface area contributed by atoms with Gasteiger partial charge in [0.2, 0.25) is 0 Å². The quantitative estimate of drug-likeness (QED) is 0.531. The molecule has 4 nitrogen and oxygen atoms in total. The number of carbonyl (C=O) groups is 1. The van der Waals surface area contributed by atoms with Gasteiger partial charge in [-0.1, -0.05) is 43.0 Å². The predicted octanol–water partition coefficient (Wildman–Crippen LogP) is 4.00. The summed E-state index contributed by atoms with van der Waals surface area (Å²) in [6.45, 7) is 3.89. The van der Waals surface area contributed by atoms with Gasteiger partial charge in [0.15, 0.2) is 0 Å². The first kappa shape index (κ1) is 15.0. The van der Waals surface area contributed by atoms with Crippen LogP contribution in [-0.2, 0) is 0 Å². The number of para-hydroxylation sites is 1. The van der Waals surface area contributed by atoms with Gasteiger partial charge >= 0.3 is 0 Å². The van der Waals surface area contributed by atoms with Crippen LogP contribution in [0.25, 0.3) is 27.7 Å². The fourth-order valence-corrected chi connectivity index (χ4v) is 2.79. The Kier molecular flexibility index (Phi) is 3.51. The second-order valence-electron chi connectivity index (χ2n) is 5.65. The number of carboxylic acid groups (broad SMARTS) is 1. The van der Waals surface area contributed by atoms with E-state index in [1.165, 1.54) is 12.1 Å². The lowest BCUT2D eigenvalue weighted by Gasteiger charge is -2.10. The minimum absolute atomic E-state index is 0.0820. The van der Waals surface area contributed by atoms with E-state index in [0.717, 1.165) is 21.9 Å². The molecule has 0 aliphatic carbocycles. The maximum Gasteiger partial charge on any atom is 0.135 e. The summed E-state index contributed by atoms with van der Waals surface area (Å²) >= 11 is 0. The number of fused-ring (bicyclic) bond motifs is 3. The molecule has 0 bridgehead atoms. The average Bonchev–Trinajstić information content (AvgIpc) is 3.00. The van der Waals surface area contributed by atoms with E-state index in [9.17, 15) is 9.90 Å². The van der Waals surface area contributed by atoms with Crippen molar-refractivity contribution in [3.8, 4) is 5.75 Å². The highest BCUT2D eigenvalue weighted by atomic mass is 16.5. The summed E-state index contributed by atoms with van der Waals surface area (Å²) in [4.78, 5) is 11.0. The molecule has 0 saturated heterocycles. The first-order valence-corrected chi connectivity index (χ1v) is 7.72. The minimum atomic E-state index is -1.24. The summed E-state index contributed by atoms with van der Waals surface area (Å²) < 4.78 is 11.6. The molecule has 1 heterocycles. The zero-order chi connectivity index (χ0) is 17.4. The lowest BCUT2D eigenvalue weighted by molar-refractivity contribution is -0.255. The van der Waals surface area contributed by atoms with Gasteiger partial charge in [-0.15, -0.1) is 0 Å². The number of hydrogen-bond donors (Lipinski definition) is 0. The van der Waals surface area contributed by atoms with Crippen LogP contribution < -0.4 is 9.84 Å². The summed E-state index contributed by atoms with van der Waals surface area (Å²) in [7, 11) is 0. The molecule has 1 aromatic heterocycles. The summed E-state index contributed by atoms with van der Waals surface area (Å²) in [5.41, 5.74) is 2.26. The SMILES string of the molecule is C=C(Oc1ccc2oc3ccccc3c2c1)c1cccc(C(=O)[O-])c1. The van der Waals surface area contributed by atoms with E-state index < -0.39 is 5.97 Å². The molecule has 4 heteroatoms. The number of furan rings is 1. The van der Waals surface area contributed by atoms with Gasteiger partial charge in [0.25, 0.3) is 0 Å². The Labute approximate surface area is 143 Å². The van der Waals surface area contributed by atoms with Crippen LogP contribution >= 0.6 is 0 Å². The first-order chi connectivity index (χ1) is 12.1. The number of carbonyl (C=O) groups excluding carboxylic acids is 1. The number of carboxylic acids is 1. The Bertz CT molecular complexity index is 1120. The third kappa shape index (κ3) is 2.74. The van der Waals surface area contributed by atoms with Crippen LogP contribution in [0, 0.1) is 0 Å². The third-order valence-corrected chi connectivity index (χ3v) is 4.01. The Balaban J connectivity index is 1.68. The largest absolute Gasteiger partial charge is 0.545 e. The molecule has 0 spiro atoms. The standard InChI is InChI=1S/C21H14O4/c1-13(14-5-4-6-15(11-14)21(22)23)24-16-9-10-20-18(12-16)17-7-2-3-8-19(17)25-20/h2-12H,1H2,(H,22,23)/p-1. The smallest absolute Gasteiger partial charge is 0.135 e. The van der Waals surface area contributed by atoms with Gasteiger partial charge in [0.05, 0.1) is 5.97 Å². The van der Waals surface area contributed by atoms with Crippen molar-refractivity contribution in [1.29, 1.82) is 0 Å². The van der Waals surface area contributed by atoms with E-state index in [4.69, 9.17) is 9.15 Å². The molecule has 4 rings (SSSR count). The average molecular weight is 329 g/mol. The van der Waals surface area contributed by atoms with Crippen molar-refractivity contribution in [3.63, 3.8) is 0 Å². The highest BCUT2D eigenvalue weighted by Crippen LogP contribution is 2.32. The normalized spacial score (nSPS) is 10.9. The van der Waals surface area contributed by atoms with Crippen LogP contribution in [-0.4, -0.2) is 5.97 Å². The maximum absolute atomic E-state index is 11.0. The van der Waals surface area contributed by atoms with Crippen LogP contribution in [0.5, 0.6) is 5.75 Å². The molecular formula is C21H13O4-. The van der Waals surface area contributed by atoms with Crippen LogP contribution in [0.2, 0.25) is 0 Å². The van der Waals surface area contributed by atoms with E-state index in [2.05, 4.69) is 6.58 Å². The topological polar surface area (TPSA) is 62.5 Å². The van der Waals surface area contributed by atoms with Gasteiger partial charge in [0, 0.05) is 16.3 Å². The number of rotatable bonds is 4. The van der Waals surface area contributed by atoms with Gasteiger partial charge in [0.1, 0.15) is 22.7 Å². The third-order valence-electron chi connectivity index (χ3n) is 4.01. The first-order valence-electron chi connectivity index (χ1n) is 7.72. The van der Waals surface area contributed by atoms with Crippen molar-refractivity contribution >= 4 is 33.7 Å². The Morgan fingerprint density at radius 1 is 0.880 bits per heavy atom. The van der Waals surface area contributed by atoms with Crippen molar-refractivity contribution in [3.05, 3.63) is 84.4 Å². The zero-order valence-corrected chi connectivity index (χ0v) is 13.2. The number of benzene rings is 3. The highest BCUT2D eigenvalue weighted by molar-refractivity contribution is 6.05. The molecule has 0 N–H and O–H groups in total. The molecule has 25 heavy (non-hydrogen) atoms. The van der Waals surface area contributed by atoms with Crippen molar-refractivity contribution in [1.82, 2.24) is 0 Å². The number of hydrogen-bond acceptors (Lipinski definition) is 4. The fourth-order valence-electron chi connectivity index (χ4n) is 2.79. The zero-order valence-electron chi connectivity index (χ0n) is 13.2. The summed E-state index contributed by atoms with van der Waals surface area (Å²) in [5.74, 6) is -0.279. The van der Waals surface area contributed by atoms with Crippen molar-refractivity contribution in [2.45, 2.75) is 0 Å². The summed E-state index contributed by atoms with van der Waals surface area (Å²) in [6, 6.07) is 19.6. The molecule has 0 amide bonds. The second kappa shape index (κ2) is 5.83. The second-order valence-corrected chi connectivity index (χ2v) is 5.65. The molecule has 0 saturated carbocycles. The number of ether oxygens (including phenoxy) is 1. The van der Waals surface area contributed by atoms with Gasteiger partial charge in [-0.25, -0.2) is 0 Å². The van der Waals surface area contributed by atoms with Crippen molar-refractivity contribution in [2.75, 3.05) is 0 Å². The predicted molar refractivity (Wildman–Crippen MR) is 94.2 cm³/mol. The van der Waals surface area contributed by atoms with Gasteiger partial charge < -0.3 is 19.1 Å². The summed E-state index contributed by atoms with van der Waals surface area (Å²) in [5, 5.41) is 12.9. The fraction of sp³-hybridized carbons (Fsp3) is 0. The van der Waals surface area contributed by atoms with E-state index in [1.54, 1.807) is 18.2 Å². The Morgan fingerprint density at radius 3 is 2.48 bits per heavy atom. The van der Waals surface area contributed by atoms with Crippen molar-refractivity contribution < 1.29 is 19.1 Å². The number of aromatic carboxylic acids is 1. The minimum Gasteiger partial charge on any atom is -0.545 e. The maximum atomic E-state index is 11.0. The van der Waals surface area contributed by atoms with Gasteiger partial charge in [-0.05, 0) is 35.9 Å². The molecule has 0 aliphatic rings. The molecule has 122 valence electrons. The lowest BCUT2D eigenvalue weighted by atomic mass is 10.1. The molecule has 0 aliphatic heterocycles. The van der Waals surface area contributed by atoms with Gasteiger partial charge in [-0.3, -0.25) is 0 Å². The molecule has 0 atom stereocenters. The van der Waals surface area contributed by atoms with E-state index >= 15 is 0 Å². The van der Waals surface area contributed by atoms with E-state index in [1.807, 2.05) is 36.4 Å². The molecular weight excluding hydrogens is 316 g/mol.